The molecule has 1 aromatic carbocycles. The van der Waals surface area contributed by atoms with Crippen LogP contribution in [0.3, 0.4) is 0 Å². The van der Waals surface area contributed by atoms with Crippen LogP contribution in [0.1, 0.15) is 30.0 Å². The molecule has 0 N–H and O–H groups in total. The molecule has 1 rings (SSSR count). The quantitative estimate of drug-likeness (QED) is 0.680. The van der Waals surface area contributed by atoms with E-state index in [0.717, 1.165) is 12.0 Å². The topological polar surface area (TPSA) is 0 Å². The zero-order chi connectivity index (χ0) is 10.8. The maximum Gasteiger partial charge on any atom is 0.416 e. The number of alkyl halides is 3. The molecule has 0 aliphatic heterocycles. The molecule has 0 spiro atoms. The number of halogens is 3. The SMILES string of the molecule is CCCc1cc(C)cc(C(F)(F)F)c1. The fourth-order valence-electron chi connectivity index (χ4n) is 1.46. The molecule has 0 saturated heterocycles. The summed E-state index contributed by atoms with van der Waals surface area (Å²) in [5.74, 6) is 0. The van der Waals surface area contributed by atoms with E-state index in [0.29, 0.717) is 12.0 Å². The number of aryl methyl sites for hydroxylation is 2. The minimum absolute atomic E-state index is 0.541. The summed E-state index contributed by atoms with van der Waals surface area (Å²) in [7, 11) is 0. The van der Waals surface area contributed by atoms with Crippen LogP contribution in [0, 0.1) is 6.92 Å². The van der Waals surface area contributed by atoms with Crippen LogP contribution < -0.4 is 0 Å². The number of hydrogen-bond donors (Lipinski definition) is 0. The average Bonchev–Trinajstić information content (AvgIpc) is 2.02. The lowest BCUT2D eigenvalue weighted by Crippen LogP contribution is -2.06. The summed E-state index contributed by atoms with van der Waals surface area (Å²) in [6, 6.07) is 4.22. The van der Waals surface area contributed by atoms with Crippen molar-refractivity contribution in [2.75, 3.05) is 0 Å². The van der Waals surface area contributed by atoms with Gasteiger partial charge in [-0.05, 0) is 31.0 Å². The molecule has 14 heavy (non-hydrogen) atoms. The monoisotopic (exact) mass is 202 g/mol. The van der Waals surface area contributed by atoms with E-state index in [2.05, 4.69) is 0 Å². The molecular weight excluding hydrogens is 189 g/mol. The van der Waals surface area contributed by atoms with Gasteiger partial charge in [0.15, 0.2) is 0 Å². The molecule has 0 bridgehead atoms. The van der Waals surface area contributed by atoms with Crippen molar-refractivity contribution in [3.8, 4) is 0 Å². The van der Waals surface area contributed by atoms with Crippen molar-refractivity contribution in [3.63, 3.8) is 0 Å². The highest BCUT2D eigenvalue weighted by atomic mass is 19.4. The van der Waals surface area contributed by atoms with Gasteiger partial charge in [-0.3, -0.25) is 0 Å². The molecule has 1 aromatic rings. The Bertz CT molecular complexity index is 313. The van der Waals surface area contributed by atoms with E-state index < -0.39 is 11.7 Å². The van der Waals surface area contributed by atoms with Crippen LogP contribution in [0.5, 0.6) is 0 Å². The largest absolute Gasteiger partial charge is 0.416 e. The minimum Gasteiger partial charge on any atom is -0.166 e. The molecule has 0 radical (unpaired) electrons. The Kier molecular flexibility index (Phi) is 3.19. The van der Waals surface area contributed by atoms with E-state index in [1.807, 2.05) is 6.92 Å². The lowest BCUT2D eigenvalue weighted by molar-refractivity contribution is -0.137. The van der Waals surface area contributed by atoms with Gasteiger partial charge in [0.1, 0.15) is 0 Å². The third-order valence-corrected chi connectivity index (χ3v) is 2.00. The van der Waals surface area contributed by atoms with Gasteiger partial charge in [-0.25, -0.2) is 0 Å². The summed E-state index contributed by atoms with van der Waals surface area (Å²) in [4.78, 5) is 0. The molecule has 0 saturated carbocycles. The van der Waals surface area contributed by atoms with E-state index in [1.165, 1.54) is 12.1 Å². The number of hydrogen-bond acceptors (Lipinski definition) is 0. The lowest BCUT2D eigenvalue weighted by Gasteiger charge is -2.09. The Morgan fingerprint density at radius 2 is 1.79 bits per heavy atom. The summed E-state index contributed by atoms with van der Waals surface area (Å²) < 4.78 is 37.2. The standard InChI is InChI=1S/C11H13F3/c1-3-4-9-5-8(2)6-10(7-9)11(12,13)14/h5-7H,3-4H2,1-2H3. The van der Waals surface area contributed by atoms with Crippen molar-refractivity contribution in [3.05, 3.63) is 34.9 Å². The van der Waals surface area contributed by atoms with Gasteiger partial charge in [-0.1, -0.05) is 25.0 Å². The normalized spacial score (nSPS) is 11.8. The average molecular weight is 202 g/mol. The zero-order valence-electron chi connectivity index (χ0n) is 8.28. The van der Waals surface area contributed by atoms with E-state index in [4.69, 9.17) is 0 Å². The van der Waals surface area contributed by atoms with Gasteiger partial charge in [0.25, 0.3) is 0 Å². The van der Waals surface area contributed by atoms with Crippen LogP contribution in [0.25, 0.3) is 0 Å². The van der Waals surface area contributed by atoms with E-state index in [9.17, 15) is 13.2 Å². The Morgan fingerprint density at radius 3 is 2.29 bits per heavy atom. The maximum absolute atomic E-state index is 12.4. The van der Waals surface area contributed by atoms with Crippen LogP contribution in [-0.4, -0.2) is 0 Å². The Labute approximate surface area is 81.8 Å². The van der Waals surface area contributed by atoms with Crippen LogP contribution in [0.4, 0.5) is 13.2 Å². The summed E-state index contributed by atoms with van der Waals surface area (Å²) in [6.07, 6.45) is -2.67. The van der Waals surface area contributed by atoms with Crippen molar-refractivity contribution in [2.24, 2.45) is 0 Å². The van der Waals surface area contributed by atoms with E-state index >= 15 is 0 Å². The molecular formula is C11H13F3. The van der Waals surface area contributed by atoms with Gasteiger partial charge < -0.3 is 0 Å². The summed E-state index contributed by atoms with van der Waals surface area (Å²) >= 11 is 0. The van der Waals surface area contributed by atoms with Crippen molar-refractivity contribution < 1.29 is 13.2 Å². The second kappa shape index (κ2) is 4.03. The van der Waals surface area contributed by atoms with Gasteiger partial charge in [0.2, 0.25) is 0 Å². The van der Waals surface area contributed by atoms with Crippen molar-refractivity contribution in [1.82, 2.24) is 0 Å². The second-order valence-electron chi connectivity index (χ2n) is 3.46. The predicted octanol–water partition coefficient (Wildman–Crippen LogP) is 3.97. The Balaban J connectivity index is 3.07. The number of benzene rings is 1. The minimum atomic E-state index is -4.23. The molecule has 0 aliphatic carbocycles. The van der Waals surface area contributed by atoms with E-state index in [1.54, 1.807) is 13.0 Å². The van der Waals surface area contributed by atoms with Gasteiger partial charge in [0.05, 0.1) is 5.56 Å². The molecule has 0 atom stereocenters. The first-order valence-corrected chi connectivity index (χ1v) is 4.61. The molecule has 78 valence electrons. The highest BCUT2D eigenvalue weighted by Crippen LogP contribution is 2.30. The first-order chi connectivity index (χ1) is 6.43. The number of rotatable bonds is 2. The molecule has 0 unspecified atom stereocenters. The molecule has 3 heteroatoms. The van der Waals surface area contributed by atoms with Crippen LogP contribution in [0.15, 0.2) is 18.2 Å². The highest BCUT2D eigenvalue weighted by Gasteiger charge is 2.30. The first kappa shape index (κ1) is 11.1. The van der Waals surface area contributed by atoms with Gasteiger partial charge in [0, 0.05) is 0 Å². The summed E-state index contributed by atoms with van der Waals surface area (Å²) in [5, 5.41) is 0. The van der Waals surface area contributed by atoms with Crippen LogP contribution >= 0.6 is 0 Å². The molecule has 0 heterocycles. The summed E-state index contributed by atoms with van der Waals surface area (Å²) in [6.45, 7) is 3.64. The van der Waals surface area contributed by atoms with Crippen molar-refractivity contribution in [1.29, 1.82) is 0 Å². The smallest absolute Gasteiger partial charge is 0.166 e. The first-order valence-electron chi connectivity index (χ1n) is 4.61. The predicted molar refractivity (Wildman–Crippen MR) is 50.2 cm³/mol. The molecule has 0 aromatic heterocycles. The fourth-order valence-corrected chi connectivity index (χ4v) is 1.46. The van der Waals surface area contributed by atoms with Crippen molar-refractivity contribution >= 4 is 0 Å². The van der Waals surface area contributed by atoms with E-state index in [-0.39, 0.29) is 0 Å². The van der Waals surface area contributed by atoms with Crippen LogP contribution in [0.2, 0.25) is 0 Å². The third-order valence-electron chi connectivity index (χ3n) is 2.00. The zero-order valence-corrected chi connectivity index (χ0v) is 8.28. The fraction of sp³-hybridized carbons (Fsp3) is 0.455. The van der Waals surface area contributed by atoms with Gasteiger partial charge in [-0.2, -0.15) is 13.2 Å². The van der Waals surface area contributed by atoms with Gasteiger partial charge >= 0.3 is 6.18 Å². The van der Waals surface area contributed by atoms with Crippen LogP contribution in [-0.2, 0) is 12.6 Å². The molecule has 0 amide bonds. The van der Waals surface area contributed by atoms with Gasteiger partial charge in [-0.15, -0.1) is 0 Å². The van der Waals surface area contributed by atoms with Crippen molar-refractivity contribution in [2.45, 2.75) is 32.9 Å². The Morgan fingerprint density at radius 1 is 1.14 bits per heavy atom. The summed E-state index contributed by atoms with van der Waals surface area (Å²) in [5.41, 5.74) is 0.893. The Hall–Kier alpha value is -0.990. The molecule has 0 fully saturated rings. The maximum atomic E-state index is 12.4. The molecule has 0 aliphatic rings. The highest BCUT2D eigenvalue weighted by molar-refractivity contribution is 5.31. The second-order valence-corrected chi connectivity index (χ2v) is 3.46. The third kappa shape index (κ3) is 2.76. The lowest BCUT2D eigenvalue weighted by atomic mass is 10.0. The molecule has 0 nitrogen and oxygen atoms in total.